The number of phenols is 1. The molecular weight excluding hydrogens is 166 g/mol. The Bertz CT molecular complexity index is 290. The smallest absolute Gasteiger partial charge is 0.181 e. The Balaban J connectivity index is 2.73. The van der Waals surface area contributed by atoms with Crippen LogP contribution in [-0.2, 0) is 0 Å². The quantitative estimate of drug-likeness (QED) is 0.332. The van der Waals surface area contributed by atoms with Crippen LogP contribution in [-0.4, -0.2) is 22.6 Å². The van der Waals surface area contributed by atoms with E-state index in [2.05, 4.69) is 0 Å². The van der Waals surface area contributed by atoms with E-state index in [4.69, 9.17) is 5.11 Å². The lowest BCUT2D eigenvalue weighted by Gasteiger charge is -2.01. The van der Waals surface area contributed by atoms with Gasteiger partial charge in [-0.1, -0.05) is 6.92 Å². The topological polar surface area (TPSA) is 46.3 Å². The predicted octanol–water partition coefficient (Wildman–Crippen LogP) is 1.73. The van der Waals surface area contributed by atoms with Crippen molar-refractivity contribution in [3.8, 4) is 5.75 Å². The first-order valence-corrected chi connectivity index (χ1v) is 4.30. The van der Waals surface area contributed by atoms with E-state index in [9.17, 15) is 5.21 Å². The van der Waals surface area contributed by atoms with Crippen LogP contribution in [0.3, 0.4) is 0 Å². The van der Waals surface area contributed by atoms with Gasteiger partial charge in [-0.25, -0.2) is 4.74 Å². The van der Waals surface area contributed by atoms with Crippen molar-refractivity contribution in [2.75, 3.05) is 6.54 Å². The highest BCUT2D eigenvalue weighted by Gasteiger charge is 1.94. The van der Waals surface area contributed by atoms with Crippen LogP contribution in [0.5, 0.6) is 5.75 Å². The molecule has 1 N–H and O–H groups in total. The molecule has 0 radical (unpaired) electrons. The highest BCUT2D eigenvalue weighted by Crippen LogP contribution is 2.07. The van der Waals surface area contributed by atoms with Crippen LogP contribution in [0.15, 0.2) is 24.3 Å². The van der Waals surface area contributed by atoms with Crippen molar-refractivity contribution in [2.24, 2.45) is 0 Å². The molecule has 0 unspecified atom stereocenters. The Morgan fingerprint density at radius 1 is 1.38 bits per heavy atom. The molecule has 0 aliphatic carbocycles. The van der Waals surface area contributed by atoms with Crippen LogP contribution in [0.1, 0.15) is 18.9 Å². The maximum absolute atomic E-state index is 11.1. The summed E-state index contributed by atoms with van der Waals surface area (Å²) in [5.74, 6) is 0.213. The van der Waals surface area contributed by atoms with Gasteiger partial charge in [-0.3, -0.25) is 0 Å². The molecule has 1 aromatic rings. The van der Waals surface area contributed by atoms with E-state index in [1.165, 1.54) is 6.21 Å². The highest BCUT2D eigenvalue weighted by molar-refractivity contribution is 5.75. The third-order valence-corrected chi connectivity index (χ3v) is 1.63. The molecule has 0 spiro atoms. The molecule has 13 heavy (non-hydrogen) atoms. The lowest BCUT2D eigenvalue weighted by molar-refractivity contribution is -0.452. The minimum atomic E-state index is 0.213. The predicted molar refractivity (Wildman–Crippen MR) is 52.1 cm³/mol. The van der Waals surface area contributed by atoms with Gasteiger partial charge in [-0.15, -0.1) is 0 Å². The van der Waals surface area contributed by atoms with Crippen molar-refractivity contribution in [1.29, 1.82) is 0 Å². The molecule has 0 heterocycles. The van der Waals surface area contributed by atoms with Gasteiger partial charge in [0.25, 0.3) is 0 Å². The number of nitrogens with zero attached hydrogens (tertiary/aromatic N) is 1. The van der Waals surface area contributed by atoms with Crippen molar-refractivity contribution in [1.82, 2.24) is 0 Å². The summed E-state index contributed by atoms with van der Waals surface area (Å²) in [6.45, 7) is 2.45. The Morgan fingerprint density at radius 3 is 2.54 bits per heavy atom. The van der Waals surface area contributed by atoms with E-state index in [1.807, 2.05) is 6.92 Å². The van der Waals surface area contributed by atoms with E-state index in [0.717, 1.165) is 16.7 Å². The molecule has 0 amide bonds. The van der Waals surface area contributed by atoms with E-state index >= 15 is 0 Å². The second-order valence-electron chi connectivity index (χ2n) is 2.86. The van der Waals surface area contributed by atoms with Crippen molar-refractivity contribution in [3.63, 3.8) is 0 Å². The monoisotopic (exact) mass is 179 g/mol. The molecule has 3 nitrogen and oxygen atoms in total. The van der Waals surface area contributed by atoms with Gasteiger partial charge in [-0.05, 0) is 24.3 Å². The maximum Gasteiger partial charge on any atom is 0.181 e. The molecular formula is C10H13NO2. The van der Waals surface area contributed by atoms with Crippen LogP contribution in [0.2, 0.25) is 0 Å². The van der Waals surface area contributed by atoms with Gasteiger partial charge in [0.15, 0.2) is 12.8 Å². The van der Waals surface area contributed by atoms with Crippen LogP contribution in [0.25, 0.3) is 0 Å². The van der Waals surface area contributed by atoms with E-state index in [1.54, 1.807) is 24.3 Å². The first-order chi connectivity index (χ1) is 6.22. The molecule has 0 aromatic heterocycles. The second-order valence-corrected chi connectivity index (χ2v) is 2.86. The second kappa shape index (κ2) is 4.50. The first kappa shape index (κ1) is 9.58. The Morgan fingerprint density at radius 2 is 2.00 bits per heavy atom. The number of aromatic hydroxyl groups is 1. The summed E-state index contributed by atoms with van der Waals surface area (Å²) in [5.41, 5.74) is 0.807. The normalized spacial score (nSPS) is 11.6. The molecule has 70 valence electrons. The van der Waals surface area contributed by atoms with Crippen LogP contribution >= 0.6 is 0 Å². The molecule has 0 bridgehead atoms. The van der Waals surface area contributed by atoms with Crippen LogP contribution in [0, 0.1) is 5.21 Å². The average molecular weight is 179 g/mol. The molecule has 0 saturated heterocycles. The molecule has 0 atom stereocenters. The van der Waals surface area contributed by atoms with Gasteiger partial charge in [0.05, 0.1) is 0 Å². The largest absolute Gasteiger partial charge is 0.624 e. The summed E-state index contributed by atoms with van der Waals surface area (Å²) in [5, 5.41) is 20.1. The highest BCUT2D eigenvalue weighted by atomic mass is 16.5. The Labute approximate surface area is 77.5 Å². The summed E-state index contributed by atoms with van der Waals surface area (Å²) in [7, 11) is 0. The van der Waals surface area contributed by atoms with Crippen molar-refractivity contribution >= 4 is 6.21 Å². The number of benzene rings is 1. The standard InChI is InChI=1S/C10H13NO2/c1-2-7-11(13)8-9-3-5-10(12)6-4-9/h3-6,8,12H,2,7H2,1H3. The summed E-state index contributed by atoms with van der Waals surface area (Å²) >= 11 is 0. The number of rotatable bonds is 3. The van der Waals surface area contributed by atoms with Gasteiger partial charge in [0.1, 0.15) is 5.75 Å². The molecule has 0 aliphatic heterocycles. The third-order valence-electron chi connectivity index (χ3n) is 1.63. The molecule has 0 saturated carbocycles. The SMILES string of the molecule is CCC[N+]([O-])=Cc1ccc(O)cc1. The molecule has 0 aliphatic rings. The average Bonchev–Trinajstić information content (AvgIpc) is 2.09. The minimum Gasteiger partial charge on any atom is -0.624 e. The van der Waals surface area contributed by atoms with Crippen LogP contribution < -0.4 is 0 Å². The van der Waals surface area contributed by atoms with Gasteiger partial charge >= 0.3 is 0 Å². The van der Waals surface area contributed by atoms with Gasteiger partial charge in [0, 0.05) is 12.0 Å². The summed E-state index contributed by atoms with van der Waals surface area (Å²) < 4.78 is 0.895. The zero-order chi connectivity index (χ0) is 9.68. The number of phenolic OH excluding ortho intramolecular Hbond substituents is 1. The lowest BCUT2D eigenvalue weighted by Crippen LogP contribution is -2.06. The molecule has 1 rings (SSSR count). The van der Waals surface area contributed by atoms with E-state index < -0.39 is 0 Å². The molecule has 1 aromatic carbocycles. The number of hydroxylamine groups is 1. The zero-order valence-corrected chi connectivity index (χ0v) is 7.60. The Hall–Kier alpha value is -1.51. The van der Waals surface area contributed by atoms with Crippen molar-refractivity contribution < 1.29 is 9.85 Å². The minimum absolute atomic E-state index is 0.213. The lowest BCUT2D eigenvalue weighted by atomic mass is 10.2. The fourth-order valence-electron chi connectivity index (χ4n) is 1.01. The molecule has 3 heteroatoms. The zero-order valence-electron chi connectivity index (χ0n) is 7.60. The fraction of sp³-hybridized carbons (Fsp3) is 0.300. The Kier molecular flexibility index (Phi) is 3.31. The fourth-order valence-corrected chi connectivity index (χ4v) is 1.01. The van der Waals surface area contributed by atoms with Gasteiger partial charge in [-0.2, -0.15) is 0 Å². The van der Waals surface area contributed by atoms with Gasteiger partial charge < -0.3 is 10.3 Å². The van der Waals surface area contributed by atoms with E-state index in [-0.39, 0.29) is 5.75 Å². The van der Waals surface area contributed by atoms with Crippen molar-refractivity contribution in [3.05, 3.63) is 35.0 Å². The first-order valence-electron chi connectivity index (χ1n) is 4.30. The summed E-state index contributed by atoms with van der Waals surface area (Å²) in [6, 6.07) is 6.53. The maximum atomic E-state index is 11.1. The third kappa shape index (κ3) is 3.15. The number of hydrogen-bond acceptors (Lipinski definition) is 2. The van der Waals surface area contributed by atoms with Crippen LogP contribution in [0.4, 0.5) is 0 Å². The summed E-state index contributed by atoms with van der Waals surface area (Å²) in [6.07, 6.45) is 2.35. The van der Waals surface area contributed by atoms with E-state index in [0.29, 0.717) is 6.54 Å². The van der Waals surface area contributed by atoms with Gasteiger partial charge in [0.2, 0.25) is 0 Å². The molecule has 0 fully saturated rings. The summed E-state index contributed by atoms with van der Waals surface area (Å²) in [4.78, 5) is 0. The number of hydrogen-bond donors (Lipinski definition) is 1. The van der Waals surface area contributed by atoms with Crippen molar-refractivity contribution in [2.45, 2.75) is 13.3 Å².